The van der Waals surface area contributed by atoms with E-state index in [1.54, 1.807) is 42.7 Å². The first-order valence-corrected chi connectivity index (χ1v) is 26.2. The molecule has 0 spiro atoms. The molecule has 14 nitrogen and oxygen atoms in total. The second-order valence-corrected chi connectivity index (χ2v) is 23.2. The van der Waals surface area contributed by atoms with E-state index in [0.717, 1.165) is 76.0 Å². The summed E-state index contributed by atoms with van der Waals surface area (Å²) >= 11 is 0. The van der Waals surface area contributed by atoms with Crippen molar-refractivity contribution in [2.75, 3.05) is 123 Å². The van der Waals surface area contributed by atoms with Crippen molar-refractivity contribution in [1.82, 2.24) is 9.80 Å². The van der Waals surface area contributed by atoms with Crippen LogP contribution in [0.1, 0.15) is 67.2 Å². The lowest BCUT2D eigenvalue weighted by molar-refractivity contribution is 0.0697. The van der Waals surface area contributed by atoms with E-state index in [1.807, 2.05) is 41.5 Å². The molecule has 0 fully saturated rings. The Bertz CT molecular complexity index is 653. The van der Waals surface area contributed by atoms with Crippen LogP contribution in [0.5, 0.6) is 0 Å². The van der Waals surface area contributed by atoms with Crippen molar-refractivity contribution < 1.29 is 53.1 Å². The summed E-state index contributed by atoms with van der Waals surface area (Å²) in [5.74, 6) is 0. The van der Waals surface area contributed by atoms with E-state index in [4.69, 9.17) is 53.1 Å². The zero-order valence-corrected chi connectivity index (χ0v) is 38.5. The minimum absolute atomic E-state index is 0.626. The highest BCUT2D eigenvalue weighted by Crippen LogP contribution is 2.21. The SMILES string of the molecule is CCO[Si](CCCN(C)CCC[Si](OCC)(OCC)OCC)(OCC)OCC.CO[Si](CCCN(C)CCC[Si](OC)(OC)OC)(OC)OC. The summed E-state index contributed by atoms with van der Waals surface area (Å²) in [5, 5.41) is 0. The molecule has 0 aromatic heterocycles. The Morgan fingerprint density at radius 2 is 0.500 bits per heavy atom. The summed E-state index contributed by atoms with van der Waals surface area (Å²) in [5.41, 5.74) is 0. The van der Waals surface area contributed by atoms with Crippen LogP contribution in [0.4, 0.5) is 0 Å². The van der Waals surface area contributed by atoms with Crippen molar-refractivity contribution in [3.05, 3.63) is 0 Å². The van der Waals surface area contributed by atoms with Gasteiger partial charge in [0.15, 0.2) is 0 Å². The molecular weight excluding hydrogens is 717 g/mol. The van der Waals surface area contributed by atoms with E-state index in [0.29, 0.717) is 39.6 Å². The molecule has 18 heteroatoms. The second kappa shape index (κ2) is 31.6. The molecular formula is C32H78N2O12Si4. The molecule has 0 saturated heterocycles. The van der Waals surface area contributed by atoms with Crippen LogP contribution >= 0.6 is 0 Å². The molecule has 0 heterocycles. The average molecular weight is 795 g/mol. The van der Waals surface area contributed by atoms with Crippen molar-refractivity contribution >= 4 is 35.2 Å². The highest BCUT2D eigenvalue weighted by atomic mass is 28.4. The minimum Gasteiger partial charge on any atom is -0.377 e. The lowest BCUT2D eigenvalue weighted by Gasteiger charge is -2.30. The first kappa shape index (κ1) is 52.4. The van der Waals surface area contributed by atoms with Gasteiger partial charge in [0.1, 0.15) is 0 Å². The van der Waals surface area contributed by atoms with E-state index < -0.39 is 35.2 Å². The van der Waals surface area contributed by atoms with Gasteiger partial charge in [-0.2, -0.15) is 0 Å². The van der Waals surface area contributed by atoms with Crippen molar-refractivity contribution in [2.45, 2.75) is 91.4 Å². The molecule has 0 amide bonds. The predicted molar refractivity (Wildman–Crippen MR) is 208 cm³/mol. The van der Waals surface area contributed by atoms with Gasteiger partial charge in [-0.3, -0.25) is 0 Å². The van der Waals surface area contributed by atoms with E-state index in [9.17, 15) is 0 Å². The van der Waals surface area contributed by atoms with Gasteiger partial charge in [-0.1, -0.05) is 0 Å². The summed E-state index contributed by atoms with van der Waals surface area (Å²) in [6.07, 6.45) is 3.93. The second-order valence-electron chi connectivity index (χ2n) is 11.6. The molecule has 0 bridgehead atoms. The maximum atomic E-state index is 5.93. The molecule has 0 aromatic rings. The first-order valence-electron chi connectivity index (χ1n) is 18.4. The van der Waals surface area contributed by atoms with Gasteiger partial charge in [0, 0.05) is 106 Å². The van der Waals surface area contributed by atoms with Crippen LogP contribution in [0.2, 0.25) is 24.2 Å². The van der Waals surface area contributed by atoms with Gasteiger partial charge in [0.05, 0.1) is 0 Å². The zero-order valence-electron chi connectivity index (χ0n) is 34.5. The van der Waals surface area contributed by atoms with Crippen LogP contribution in [0.3, 0.4) is 0 Å². The van der Waals surface area contributed by atoms with E-state index in [-0.39, 0.29) is 0 Å². The molecule has 0 N–H and O–H groups in total. The lowest BCUT2D eigenvalue weighted by atomic mass is 10.4. The fraction of sp³-hybridized carbons (Fsp3) is 1.00. The monoisotopic (exact) mass is 794 g/mol. The van der Waals surface area contributed by atoms with Crippen molar-refractivity contribution in [3.8, 4) is 0 Å². The van der Waals surface area contributed by atoms with Crippen LogP contribution in [0.25, 0.3) is 0 Å². The summed E-state index contributed by atoms with van der Waals surface area (Å²) < 4.78 is 68.1. The number of nitrogens with zero attached hydrogens (tertiary/aromatic N) is 2. The summed E-state index contributed by atoms with van der Waals surface area (Å²) in [6, 6.07) is 3.33. The van der Waals surface area contributed by atoms with E-state index in [2.05, 4.69) is 23.9 Å². The van der Waals surface area contributed by atoms with Crippen molar-refractivity contribution in [1.29, 1.82) is 0 Å². The lowest BCUT2D eigenvalue weighted by Crippen LogP contribution is -2.47. The quantitative estimate of drug-likeness (QED) is 0.0790. The Hall–Kier alpha value is 0.308. The molecule has 0 unspecified atom stereocenters. The standard InChI is InChI=1S/C19H45NO6Si2.C13H33NO6Si2/c1-8-21-27(22-9-2,23-10-3)18-14-16-20(7)17-15-19-28(24-11-4,25-12-5)26-13-6;1-14(10-8-12-21(15-2,16-3)17-4)11-9-13-22(18-5,19-6)20-7/h8-19H2,1-7H3;8-13H2,1-7H3. The molecule has 0 aromatic carbocycles. The third-order valence-corrected chi connectivity index (χ3v) is 20.1. The van der Waals surface area contributed by atoms with Crippen LogP contribution in [0.15, 0.2) is 0 Å². The highest BCUT2D eigenvalue weighted by Gasteiger charge is 2.41. The van der Waals surface area contributed by atoms with Gasteiger partial charge >= 0.3 is 35.2 Å². The number of rotatable bonds is 34. The Morgan fingerprint density at radius 1 is 0.320 bits per heavy atom. The summed E-state index contributed by atoms with van der Waals surface area (Å²) in [7, 11) is 4.17. The summed E-state index contributed by atoms with van der Waals surface area (Å²) in [6.45, 7) is 19.6. The molecule has 0 radical (unpaired) electrons. The molecule has 50 heavy (non-hydrogen) atoms. The van der Waals surface area contributed by atoms with Gasteiger partial charge < -0.3 is 62.9 Å². The van der Waals surface area contributed by atoms with E-state index in [1.165, 1.54) is 0 Å². The van der Waals surface area contributed by atoms with Crippen LogP contribution in [-0.2, 0) is 53.1 Å². The molecule has 0 aliphatic heterocycles. The zero-order chi connectivity index (χ0) is 38.4. The summed E-state index contributed by atoms with van der Waals surface area (Å²) in [4.78, 5) is 4.62. The van der Waals surface area contributed by atoms with Gasteiger partial charge in [0.25, 0.3) is 0 Å². The molecule has 0 rings (SSSR count). The topological polar surface area (TPSA) is 117 Å². The predicted octanol–water partition coefficient (Wildman–Crippen LogP) is 5.25. The third kappa shape index (κ3) is 21.9. The maximum Gasteiger partial charge on any atom is 0.500 e. The molecule has 0 aliphatic carbocycles. The molecule has 0 atom stereocenters. The maximum absolute atomic E-state index is 5.93. The normalized spacial score (nSPS) is 13.0. The van der Waals surface area contributed by atoms with Gasteiger partial charge in [0.2, 0.25) is 0 Å². The van der Waals surface area contributed by atoms with E-state index >= 15 is 0 Å². The average Bonchev–Trinajstić information content (AvgIpc) is 3.10. The van der Waals surface area contributed by atoms with Gasteiger partial charge in [-0.15, -0.1) is 0 Å². The first-order chi connectivity index (χ1) is 23.9. The number of hydrogen-bond acceptors (Lipinski definition) is 14. The van der Waals surface area contributed by atoms with Crippen molar-refractivity contribution in [2.24, 2.45) is 0 Å². The Labute approximate surface area is 311 Å². The molecule has 0 saturated carbocycles. The largest absolute Gasteiger partial charge is 0.500 e. The smallest absolute Gasteiger partial charge is 0.377 e. The van der Waals surface area contributed by atoms with Crippen LogP contribution < -0.4 is 0 Å². The molecule has 0 aliphatic rings. The fourth-order valence-electron chi connectivity index (χ4n) is 5.60. The minimum atomic E-state index is -2.54. The highest BCUT2D eigenvalue weighted by molar-refractivity contribution is 6.61. The van der Waals surface area contributed by atoms with Crippen LogP contribution in [0, 0.1) is 0 Å². The fourth-order valence-corrected chi connectivity index (χ4v) is 14.2. The molecule has 304 valence electrons. The van der Waals surface area contributed by atoms with Gasteiger partial charge in [-0.05, 0) is 108 Å². The Kier molecular flexibility index (Phi) is 33.2. The number of hydrogen-bond donors (Lipinski definition) is 0. The Balaban J connectivity index is 0. The van der Waals surface area contributed by atoms with Gasteiger partial charge in [-0.25, -0.2) is 0 Å². The third-order valence-electron chi connectivity index (χ3n) is 8.14. The van der Waals surface area contributed by atoms with Crippen molar-refractivity contribution in [3.63, 3.8) is 0 Å². The Morgan fingerprint density at radius 3 is 0.660 bits per heavy atom. The van der Waals surface area contributed by atoms with Crippen LogP contribution in [-0.4, -0.2) is 168 Å².